The highest BCUT2D eigenvalue weighted by Crippen LogP contribution is 2.35. The van der Waals surface area contributed by atoms with Gasteiger partial charge in [0, 0.05) is 21.7 Å². The van der Waals surface area contributed by atoms with Crippen LogP contribution in [0.2, 0.25) is 5.02 Å². The second-order valence-corrected chi connectivity index (χ2v) is 9.61. The maximum atomic E-state index is 12.8. The number of carbonyl (C=O) groups is 3. The predicted octanol–water partition coefficient (Wildman–Crippen LogP) is 6.78. The second-order valence-electron chi connectivity index (χ2n) is 7.11. The molecule has 3 aromatic rings. The van der Waals surface area contributed by atoms with Crippen LogP contribution in [-0.2, 0) is 15.8 Å². The summed E-state index contributed by atoms with van der Waals surface area (Å²) in [7, 11) is 0. The lowest BCUT2D eigenvalue weighted by Gasteiger charge is -2.13. The zero-order valence-electron chi connectivity index (χ0n) is 17.5. The molecule has 1 N–H and O–H groups in total. The number of benzene rings is 2. The summed E-state index contributed by atoms with van der Waals surface area (Å²) in [6.07, 6.45) is -3.18. The van der Waals surface area contributed by atoms with Crippen molar-refractivity contribution in [3.8, 4) is 0 Å². The van der Waals surface area contributed by atoms with Crippen LogP contribution in [0, 0.1) is 0 Å². The zero-order valence-corrected chi connectivity index (χ0v) is 19.9. The van der Waals surface area contributed by atoms with Crippen molar-refractivity contribution >= 4 is 63.9 Å². The Hall–Kier alpha value is -3.15. The zero-order chi connectivity index (χ0) is 25.2. The number of amides is 3. The summed E-state index contributed by atoms with van der Waals surface area (Å²) in [6, 6.07) is 14.5. The molecule has 1 fully saturated rings. The molecule has 0 radical (unpaired) electrons. The molecule has 0 saturated carbocycles. The molecule has 4 rings (SSSR count). The SMILES string of the molecule is O=C(CN1C(=O)S/C(=C\c2ccc(Sc3ccc(Cl)cc3)o2)C1=O)Nc1cccc(C(F)(F)F)c1. The van der Waals surface area contributed by atoms with Gasteiger partial charge in [0.2, 0.25) is 5.91 Å². The second kappa shape index (κ2) is 10.2. The van der Waals surface area contributed by atoms with Gasteiger partial charge in [-0.25, -0.2) is 0 Å². The molecular weight excluding hydrogens is 525 g/mol. The van der Waals surface area contributed by atoms with E-state index in [0.717, 1.165) is 23.1 Å². The van der Waals surface area contributed by atoms with Crippen molar-refractivity contribution in [1.29, 1.82) is 0 Å². The van der Waals surface area contributed by atoms with E-state index in [1.54, 1.807) is 24.3 Å². The molecule has 0 aliphatic carbocycles. The van der Waals surface area contributed by atoms with Gasteiger partial charge in [0.25, 0.3) is 11.1 Å². The number of nitrogens with one attached hydrogen (secondary N) is 1. The molecule has 2 heterocycles. The lowest BCUT2D eigenvalue weighted by molar-refractivity contribution is -0.137. The number of alkyl halides is 3. The minimum atomic E-state index is -4.57. The Morgan fingerprint density at radius 2 is 1.86 bits per heavy atom. The van der Waals surface area contributed by atoms with Crippen LogP contribution in [0.1, 0.15) is 11.3 Å². The van der Waals surface area contributed by atoms with Crippen LogP contribution in [0.5, 0.6) is 0 Å². The summed E-state index contributed by atoms with van der Waals surface area (Å²) >= 11 is 7.85. The first-order chi connectivity index (χ1) is 16.6. The Morgan fingerprint density at radius 1 is 1.11 bits per heavy atom. The topological polar surface area (TPSA) is 79.6 Å². The summed E-state index contributed by atoms with van der Waals surface area (Å²) in [5.74, 6) is -1.18. The minimum absolute atomic E-state index is 0.0549. The Balaban J connectivity index is 1.40. The Bertz CT molecular complexity index is 1320. The number of carbonyl (C=O) groups excluding carboxylic acids is 3. The average Bonchev–Trinajstić information content (AvgIpc) is 3.34. The molecule has 0 spiro atoms. The van der Waals surface area contributed by atoms with Crippen LogP contribution in [0.25, 0.3) is 6.08 Å². The van der Waals surface area contributed by atoms with Gasteiger partial charge in [0.1, 0.15) is 12.3 Å². The highest BCUT2D eigenvalue weighted by Gasteiger charge is 2.37. The Kier molecular flexibility index (Phi) is 7.29. The Morgan fingerprint density at radius 3 is 2.57 bits per heavy atom. The van der Waals surface area contributed by atoms with Crippen molar-refractivity contribution in [3.63, 3.8) is 0 Å². The van der Waals surface area contributed by atoms with Crippen LogP contribution >= 0.6 is 35.1 Å². The number of halogens is 4. The standard InChI is InChI=1S/C23H14ClF3N2O4S2/c24-14-4-7-17(8-5-14)34-20-9-6-16(33-20)11-18-21(31)29(22(32)35-18)12-19(30)28-15-3-1-2-13(10-15)23(25,26)27/h1-11H,12H2,(H,28,30)/b18-11-. The molecule has 0 atom stereocenters. The number of furan rings is 1. The van der Waals surface area contributed by atoms with Crippen LogP contribution in [-0.4, -0.2) is 28.5 Å². The Labute approximate surface area is 210 Å². The fraction of sp³-hybridized carbons (Fsp3) is 0.0870. The third kappa shape index (κ3) is 6.30. The monoisotopic (exact) mass is 538 g/mol. The van der Waals surface area contributed by atoms with Crippen molar-refractivity contribution in [2.45, 2.75) is 16.2 Å². The van der Waals surface area contributed by atoms with Gasteiger partial charge in [-0.3, -0.25) is 19.3 Å². The van der Waals surface area contributed by atoms with Crippen LogP contribution in [0.15, 0.2) is 80.0 Å². The molecule has 3 amide bonds. The van der Waals surface area contributed by atoms with Crippen molar-refractivity contribution in [2.75, 3.05) is 11.9 Å². The molecule has 12 heteroatoms. The fourth-order valence-electron chi connectivity index (χ4n) is 2.97. The van der Waals surface area contributed by atoms with E-state index in [1.165, 1.54) is 23.9 Å². The lowest BCUT2D eigenvalue weighted by atomic mass is 10.2. The summed E-state index contributed by atoms with van der Waals surface area (Å²) in [5, 5.41) is 2.75. The minimum Gasteiger partial charge on any atom is -0.450 e. The highest BCUT2D eigenvalue weighted by molar-refractivity contribution is 8.18. The number of imide groups is 1. The number of hydrogen-bond donors (Lipinski definition) is 1. The molecule has 2 aromatic carbocycles. The van der Waals surface area contributed by atoms with Gasteiger partial charge in [-0.15, -0.1) is 0 Å². The van der Waals surface area contributed by atoms with Gasteiger partial charge in [-0.05, 0) is 66.4 Å². The molecule has 6 nitrogen and oxygen atoms in total. The quantitative estimate of drug-likeness (QED) is 0.349. The summed E-state index contributed by atoms with van der Waals surface area (Å²) < 4.78 is 44.2. The number of hydrogen-bond acceptors (Lipinski definition) is 6. The van der Waals surface area contributed by atoms with Crippen LogP contribution < -0.4 is 5.32 Å². The highest BCUT2D eigenvalue weighted by atomic mass is 35.5. The van der Waals surface area contributed by atoms with E-state index in [2.05, 4.69) is 5.32 Å². The first-order valence-electron chi connectivity index (χ1n) is 9.84. The summed E-state index contributed by atoms with van der Waals surface area (Å²) in [6.45, 7) is -0.645. The van der Waals surface area contributed by atoms with E-state index in [-0.39, 0.29) is 10.6 Å². The molecule has 0 unspecified atom stereocenters. The van der Waals surface area contributed by atoms with Crippen molar-refractivity contribution in [2.24, 2.45) is 0 Å². The maximum absolute atomic E-state index is 12.8. The van der Waals surface area contributed by atoms with Crippen molar-refractivity contribution in [3.05, 3.63) is 81.9 Å². The average molecular weight is 539 g/mol. The van der Waals surface area contributed by atoms with E-state index < -0.39 is 35.3 Å². The van der Waals surface area contributed by atoms with Gasteiger partial charge in [-0.2, -0.15) is 13.2 Å². The number of anilines is 1. The molecule has 1 aliphatic heterocycles. The molecule has 180 valence electrons. The molecule has 1 saturated heterocycles. The van der Waals surface area contributed by atoms with Gasteiger partial charge < -0.3 is 9.73 Å². The molecule has 1 aromatic heterocycles. The van der Waals surface area contributed by atoms with E-state index in [0.29, 0.717) is 32.5 Å². The first-order valence-corrected chi connectivity index (χ1v) is 11.9. The molecule has 1 aliphatic rings. The first kappa shape index (κ1) is 25.0. The largest absolute Gasteiger partial charge is 0.450 e. The van der Waals surface area contributed by atoms with Crippen molar-refractivity contribution in [1.82, 2.24) is 4.90 Å². The summed E-state index contributed by atoms with van der Waals surface area (Å²) in [5.41, 5.74) is -1.04. The molecule has 35 heavy (non-hydrogen) atoms. The number of thioether (sulfide) groups is 1. The normalized spacial score (nSPS) is 15.2. The smallest absolute Gasteiger partial charge is 0.416 e. The number of nitrogens with zero attached hydrogens (tertiary/aromatic N) is 1. The molecule has 0 bridgehead atoms. The van der Waals surface area contributed by atoms with E-state index in [1.807, 2.05) is 12.1 Å². The van der Waals surface area contributed by atoms with Crippen LogP contribution in [0.4, 0.5) is 23.7 Å². The third-order valence-corrected chi connectivity index (χ3v) is 6.64. The van der Waals surface area contributed by atoms with E-state index in [9.17, 15) is 27.6 Å². The maximum Gasteiger partial charge on any atom is 0.416 e. The fourth-order valence-corrected chi connectivity index (χ4v) is 4.69. The van der Waals surface area contributed by atoms with Crippen LogP contribution in [0.3, 0.4) is 0 Å². The van der Waals surface area contributed by atoms with Gasteiger partial charge in [0.05, 0.1) is 10.5 Å². The predicted molar refractivity (Wildman–Crippen MR) is 127 cm³/mol. The van der Waals surface area contributed by atoms with Crippen molar-refractivity contribution < 1.29 is 32.0 Å². The van der Waals surface area contributed by atoms with Gasteiger partial charge in [0.15, 0.2) is 5.09 Å². The van der Waals surface area contributed by atoms with Gasteiger partial charge >= 0.3 is 6.18 Å². The molecular formula is C23H14ClF3N2O4S2. The third-order valence-electron chi connectivity index (χ3n) is 4.56. The number of rotatable bonds is 6. The van der Waals surface area contributed by atoms with E-state index >= 15 is 0 Å². The van der Waals surface area contributed by atoms with E-state index in [4.69, 9.17) is 16.0 Å². The lowest BCUT2D eigenvalue weighted by Crippen LogP contribution is -2.36. The van der Waals surface area contributed by atoms with Gasteiger partial charge in [-0.1, -0.05) is 29.4 Å². The summed E-state index contributed by atoms with van der Waals surface area (Å²) in [4.78, 5) is 38.9.